The number of aliphatic hydroxyl groups excluding tert-OH is 1. The van der Waals surface area contributed by atoms with Gasteiger partial charge in [0.05, 0.1) is 23.4 Å². The van der Waals surface area contributed by atoms with Crippen LogP contribution in [0, 0.1) is 23.1 Å². The number of likely N-dealkylation sites (tertiary alicyclic amines) is 1. The zero-order valence-electron chi connectivity index (χ0n) is 23.0. The van der Waals surface area contributed by atoms with Crippen LogP contribution in [0.3, 0.4) is 0 Å². The Hall–Kier alpha value is -3.97. The Morgan fingerprint density at radius 2 is 1.95 bits per heavy atom. The first-order chi connectivity index (χ1) is 20.2. The zero-order chi connectivity index (χ0) is 29.9. The summed E-state index contributed by atoms with van der Waals surface area (Å²) in [5.74, 6) is -0.653. The van der Waals surface area contributed by atoms with Crippen molar-refractivity contribution in [2.24, 2.45) is 11.7 Å². The van der Waals surface area contributed by atoms with Gasteiger partial charge < -0.3 is 26.4 Å². The van der Waals surface area contributed by atoms with Gasteiger partial charge in [-0.1, -0.05) is 48.7 Å². The lowest BCUT2D eigenvalue weighted by Gasteiger charge is -2.33. The number of allylic oxidation sites excluding steroid dienone is 5. The molecular formula is C32H33ClFN5O3. The minimum absolute atomic E-state index is 0.0101. The van der Waals surface area contributed by atoms with Gasteiger partial charge in [-0.3, -0.25) is 4.79 Å². The highest BCUT2D eigenvalue weighted by molar-refractivity contribution is 6.30. The van der Waals surface area contributed by atoms with E-state index in [4.69, 9.17) is 17.3 Å². The number of amides is 3. The van der Waals surface area contributed by atoms with Gasteiger partial charge in [0.2, 0.25) is 5.91 Å². The van der Waals surface area contributed by atoms with Crippen LogP contribution in [0.4, 0.5) is 20.6 Å². The Kier molecular flexibility index (Phi) is 8.78. The molecule has 3 aliphatic rings. The number of β-amino-alcohol motifs (C(OH)–C–C–N with tert-alkyl or cyclic N) is 1. The van der Waals surface area contributed by atoms with Gasteiger partial charge in [-0.15, -0.1) is 0 Å². The third-order valence-corrected chi connectivity index (χ3v) is 8.39. The van der Waals surface area contributed by atoms with E-state index in [0.29, 0.717) is 40.6 Å². The molecule has 2 aromatic carbocycles. The number of hydrogen-bond donors (Lipinski definition) is 4. The Morgan fingerprint density at radius 3 is 2.67 bits per heavy atom. The van der Waals surface area contributed by atoms with Crippen molar-refractivity contribution in [3.05, 3.63) is 94.3 Å². The van der Waals surface area contributed by atoms with Crippen LogP contribution < -0.4 is 16.4 Å². The Labute approximate surface area is 249 Å². The lowest BCUT2D eigenvalue weighted by molar-refractivity contribution is -0.119. The second-order valence-corrected chi connectivity index (χ2v) is 11.6. The highest BCUT2D eigenvalue weighted by Gasteiger charge is 2.40. The van der Waals surface area contributed by atoms with Gasteiger partial charge in [0.1, 0.15) is 11.9 Å². The third kappa shape index (κ3) is 6.73. The number of carbonyl (C=O) groups excluding carboxylic acids is 2. The molecule has 0 aromatic heterocycles. The predicted molar refractivity (Wildman–Crippen MR) is 160 cm³/mol. The standard InChI is InChI=1S/C32H33ClFN5O3/c33-24-9-11-25(12-10-24)37-31(42)39-19-26(40)17-29(39)30(41)38-28-16-23(8-13-27(28)34)32(36,15-14-20-4-5-20)22-3-1-2-21(18-35)6-7-22/h1-3,6,8-13,16,20,26,29,40H,4-5,7,14-15,17,19,36H2,(H,37,42)(H,38,41)/t26-,29-,32?/m1/s1. The molecule has 1 unspecified atom stereocenters. The van der Waals surface area contributed by atoms with Gasteiger partial charge in [0.25, 0.3) is 0 Å². The molecule has 2 fully saturated rings. The first kappa shape index (κ1) is 29.5. The van der Waals surface area contributed by atoms with Crippen LogP contribution in [-0.4, -0.2) is 40.6 Å². The summed E-state index contributed by atoms with van der Waals surface area (Å²) in [6, 6.07) is 11.5. The summed E-state index contributed by atoms with van der Waals surface area (Å²) in [5.41, 5.74) is 8.65. The molecule has 3 atom stereocenters. The number of nitrogens with zero attached hydrogens (tertiary/aromatic N) is 2. The van der Waals surface area contributed by atoms with Crippen molar-refractivity contribution >= 4 is 34.9 Å². The third-order valence-electron chi connectivity index (χ3n) is 8.14. The van der Waals surface area contributed by atoms with Gasteiger partial charge in [0, 0.05) is 29.2 Å². The minimum Gasteiger partial charge on any atom is -0.391 e. The average Bonchev–Trinajstić information content (AvgIpc) is 3.77. The number of benzene rings is 2. The highest BCUT2D eigenvalue weighted by Crippen LogP contribution is 2.42. The average molecular weight is 590 g/mol. The monoisotopic (exact) mass is 589 g/mol. The highest BCUT2D eigenvalue weighted by atomic mass is 35.5. The summed E-state index contributed by atoms with van der Waals surface area (Å²) >= 11 is 5.92. The Morgan fingerprint density at radius 1 is 1.19 bits per heavy atom. The molecule has 2 aromatic rings. The van der Waals surface area contributed by atoms with Crippen LogP contribution in [0.25, 0.3) is 0 Å². The van der Waals surface area contributed by atoms with Crippen LogP contribution >= 0.6 is 11.6 Å². The van der Waals surface area contributed by atoms with E-state index in [0.717, 1.165) is 24.8 Å². The quantitative estimate of drug-likeness (QED) is 0.311. The number of anilines is 2. The fraction of sp³-hybridized carbons (Fsp3) is 0.344. The number of nitriles is 1. The van der Waals surface area contributed by atoms with Gasteiger partial charge in [-0.05, 0) is 78.8 Å². The fourth-order valence-electron chi connectivity index (χ4n) is 5.50. The zero-order valence-corrected chi connectivity index (χ0v) is 23.8. The molecule has 1 saturated heterocycles. The topological polar surface area (TPSA) is 131 Å². The Balaban J connectivity index is 1.37. The van der Waals surface area contributed by atoms with Crippen molar-refractivity contribution in [1.29, 1.82) is 5.26 Å². The normalized spacial score (nSPS) is 21.5. The first-order valence-electron chi connectivity index (χ1n) is 14.1. The molecule has 3 amide bonds. The lowest BCUT2D eigenvalue weighted by Crippen LogP contribution is -2.45. The maximum absolute atomic E-state index is 15.1. The van der Waals surface area contributed by atoms with Crippen LogP contribution in [0.5, 0.6) is 0 Å². The molecule has 0 bridgehead atoms. The van der Waals surface area contributed by atoms with Gasteiger partial charge >= 0.3 is 6.03 Å². The van der Waals surface area contributed by atoms with E-state index in [1.165, 1.54) is 11.0 Å². The molecule has 218 valence electrons. The van der Waals surface area contributed by atoms with Crippen LogP contribution in [0.2, 0.25) is 5.02 Å². The molecule has 0 spiro atoms. The van der Waals surface area contributed by atoms with Gasteiger partial charge in [0.15, 0.2) is 0 Å². The SMILES string of the molecule is N#CC1=CCC(C(N)(CCC2CC2)c2ccc(F)c(NC(=O)[C@H]3C[C@@H](O)CN3C(=O)Nc3ccc(Cl)cc3)c2)=CC=C1. The molecule has 5 N–H and O–H groups in total. The maximum atomic E-state index is 15.1. The number of urea groups is 1. The van der Waals surface area contributed by atoms with E-state index >= 15 is 4.39 Å². The predicted octanol–water partition coefficient (Wildman–Crippen LogP) is 5.77. The van der Waals surface area contributed by atoms with E-state index in [1.807, 2.05) is 12.2 Å². The molecule has 0 radical (unpaired) electrons. The van der Waals surface area contributed by atoms with Crippen LogP contribution in [-0.2, 0) is 10.3 Å². The number of nitrogens with one attached hydrogen (secondary N) is 2. The Bertz CT molecular complexity index is 1490. The van der Waals surface area contributed by atoms with E-state index in [-0.39, 0.29) is 18.7 Å². The van der Waals surface area contributed by atoms with Crippen molar-refractivity contribution in [2.45, 2.75) is 56.2 Å². The number of rotatable bonds is 8. The summed E-state index contributed by atoms with van der Waals surface area (Å²) in [4.78, 5) is 27.7. The molecule has 5 rings (SSSR count). The number of hydrogen-bond acceptors (Lipinski definition) is 5. The molecule has 10 heteroatoms. The molecule has 1 heterocycles. The fourth-order valence-corrected chi connectivity index (χ4v) is 5.62. The van der Waals surface area contributed by atoms with Crippen molar-refractivity contribution in [2.75, 3.05) is 17.2 Å². The maximum Gasteiger partial charge on any atom is 0.322 e. The second kappa shape index (κ2) is 12.5. The van der Waals surface area contributed by atoms with Crippen LogP contribution in [0.15, 0.2) is 77.9 Å². The summed E-state index contributed by atoms with van der Waals surface area (Å²) in [6.07, 6.45) is 10.7. The van der Waals surface area contributed by atoms with Crippen molar-refractivity contribution in [1.82, 2.24) is 4.90 Å². The summed E-state index contributed by atoms with van der Waals surface area (Å²) in [7, 11) is 0. The van der Waals surface area contributed by atoms with Crippen molar-refractivity contribution < 1.29 is 19.1 Å². The number of nitrogens with two attached hydrogens (primary N) is 1. The number of carbonyl (C=O) groups is 2. The molecule has 42 heavy (non-hydrogen) atoms. The second-order valence-electron chi connectivity index (χ2n) is 11.2. The molecule has 8 nitrogen and oxygen atoms in total. The van der Waals surface area contributed by atoms with E-state index in [2.05, 4.69) is 16.7 Å². The van der Waals surface area contributed by atoms with Crippen LogP contribution in [0.1, 0.15) is 44.1 Å². The molecule has 1 saturated carbocycles. The van der Waals surface area contributed by atoms with Gasteiger partial charge in [-0.25, -0.2) is 9.18 Å². The van der Waals surface area contributed by atoms with E-state index in [9.17, 15) is 20.0 Å². The minimum atomic E-state index is -1.02. The first-order valence-corrected chi connectivity index (χ1v) is 14.4. The summed E-state index contributed by atoms with van der Waals surface area (Å²) in [5, 5.41) is 25.5. The molecule has 1 aliphatic heterocycles. The van der Waals surface area contributed by atoms with Crippen molar-refractivity contribution in [3.8, 4) is 6.07 Å². The summed E-state index contributed by atoms with van der Waals surface area (Å²) in [6.45, 7) is -0.0486. The largest absolute Gasteiger partial charge is 0.391 e. The van der Waals surface area contributed by atoms with E-state index < -0.39 is 35.4 Å². The molecule has 2 aliphatic carbocycles. The summed E-state index contributed by atoms with van der Waals surface area (Å²) < 4.78 is 15.1. The lowest BCUT2D eigenvalue weighted by atomic mass is 9.77. The number of aliphatic hydroxyl groups is 1. The van der Waals surface area contributed by atoms with E-state index in [1.54, 1.807) is 48.6 Å². The van der Waals surface area contributed by atoms with Gasteiger partial charge in [-0.2, -0.15) is 5.26 Å². The number of halogens is 2. The molecular weight excluding hydrogens is 557 g/mol. The smallest absolute Gasteiger partial charge is 0.322 e. The van der Waals surface area contributed by atoms with Crippen molar-refractivity contribution in [3.63, 3.8) is 0 Å².